The minimum absolute atomic E-state index is 0.0310. The molecule has 0 saturated heterocycles. The van der Waals surface area contributed by atoms with Crippen LogP contribution in [-0.2, 0) is 21.2 Å². The molecule has 0 bridgehead atoms. The molecule has 7 heteroatoms. The first kappa shape index (κ1) is 27.5. The monoisotopic (exact) mass is 534 g/mol. The molecule has 200 valence electrons. The van der Waals surface area contributed by atoms with E-state index in [2.05, 4.69) is 18.7 Å². The Kier molecular flexibility index (Phi) is 8.26. The number of hydrogen-bond acceptors (Lipinski definition) is 5. The lowest BCUT2D eigenvalue weighted by Gasteiger charge is -2.15. The maximum Gasteiger partial charge on any atom is 0.303 e. The molecular weight excluding hydrogens is 500 g/mol. The maximum atomic E-state index is 11.3. The van der Waals surface area contributed by atoms with Crippen LogP contribution in [0.2, 0.25) is 0 Å². The number of allylic oxidation sites excluding steroid dienone is 1. The minimum Gasteiger partial charge on any atom is -0.494 e. The molecule has 3 aromatic carbocycles. The molecule has 0 amide bonds. The van der Waals surface area contributed by atoms with Gasteiger partial charge in [-0.05, 0) is 107 Å². The SMILES string of the molecule is C=C1C[C@H](CC(=O)O)c2ccc(OCc3cccc(-c4c(C)cc(OCCCS(C)(=O)=O)cc4C)c3)cc21. The number of rotatable bonds is 11. The Morgan fingerprint density at radius 2 is 1.76 bits per heavy atom. The number of benzene rings is 3. The molecule has 1 aliphatic carbocycles. The number of aliphatic carboxylic acids is 1. The van der Waals surface area contributed by atoms with Crippen LogP contribution in [0.4, 0.5) is 0 Å². The van der Waals surface area contributed by atoms with Crippen LogP contribution in [0.25, 0.3) is 16.7 Å². The third-order valence-corrected chi connectivity index (χ3v) is 7.85. The van der Waals surface area contributed by atoms with Crippen LogP contribution in [0.15, 0.2) is 61.2 Å². The van der Waals surface area contributed by atoms with Crippen LogP contribution in [-0.4, -0.2) is 38.1 Å². The van der Waals surface area contributed by atoms with E-state index >= 15 is 0 Å². The number of carbonyl (C=O) groups is 1. The largest absolute Gasteiger partial charge is 0.494 e. The molecule has 0 fully saturated rings. The smallest absolute Gasteiger partial charge is 0.303 e. The third-order valence-electron chi connectivity index (χ3n) is 6.81. The van der Waals surface area contributed by atoms with Crippen LogP contribution in [0, 0.1) is 13.8 Å². The Morgan fingerprint density at radius 3 is 2.45 bits per heavy atom. The van der Waals surface area contributed by atoms with Gasteiger partial charge in [0.05, 0.1) is 18.8 Å². The van der Waals surface area contributed by atoms with Gasteiger partial charge < -0.3 is 14.6 Å². The average Bonchev–Trinajstić information content (AvgIpc) is 3.13. The van der Waals surface area contributed by atoms with Gasteiger partial charge in [-0.15, -0.1) is 0 Å². The van der Waals surface area contributed by atoms with Gasteiger partial charge in [-0.25, -0.2) is 8.42 Å². The summed E-state index contributed by atoms with van der Waals surface area (Å²) >= 11 is 0. The first-order valence-electron chi connectivity index (χ1n) is 12.7. The van der Waals surface area contributed by atoms with Gasteiger partial charge in [0.25, 0.3) is 0 Å². The van der Waals surface area contributed by atoms with Crippen LogP contribution in [0.5, 0.6) is 11.5 Å². The normalized spacial score (nSPS) is 14.8. The van der Waals surface area contributed by atoms with Crippen molar-refractivity contribution in [3.63, 3.8) is 0 Å². The van der Waals surface area contributed by atoms with Gasteiger partial charge in [-0.2, -0.15) is 0 Å². The Balaban J connectivity index is 1.44. The molecule has 0 radical (unpaired) electrons. The highest BCUT2D eigenvalue weighted by atomic mass is 32.2. The zero-order valence-corrected chi connectivity index (χ0v) is 22.9. The van der Waals surface area contributed by atoms with Crippen molar-refractivity contribution in [2.45, 2.75) is 45.6 Å². The number of sulfone groups is 1. The van der Waals surface area contributed by atoms with Gasteiger partial charge >= 0.3 is 5.97 Å². The fourth-order valence-electron chi connectivity index (χ4n) is 5.15. The van der Waals surface area contributed by atoms with Crippen LogP contribution >= 0.6 is 0 Å². The zero-order valence-electron chi connectivity index (χ0n) is 22.1. The molecule has 1 atom stereocenters. The predicted molar refractivity (Wildman–Crippen MR) is 151 cm³/mol. The van der Waals surface area contributed by atoms with Gasteiger partial charge in [0.2, 0.25) is 0 Å². The van der Waals surface area contributed by atoms with Crippen molar-refractivity contribution in [3.05, 3.63) is 89.0 Å². The summed E-state index contributed by atoms with van der Waals surface area (Å²) in [5.74, 6) is 0.754. The molecule has 6 nitrogen and oxygen atoms in total. The first-order chi connectivity index (χ1) is 18.0. The first-order valence-corrected chi connectivity index (χ1v) is 14.7. The number of carboxylic acid groups (broad SMARTS) is 1. The van der Waals surface area contributed by atoms with Gasteiger partial charge in [0.15, 0.2) is 0 Å². The lowest BCUT2D eigenvalue weighted by molar-refractivity contribution is -0.137. The summed E-state index contributed by atoms with van der Waals surface area (Å²) in [7, 11) is -2.99. The molecule has 0 unspecified atom stereocenters. The van der Waals surface area contributed by atoms with Crippen LogP contribution < -0.4 is 9.47 Å². The highest BCUT2D eigenvalue weighted by molar-refractivity contribution is 7.90. The van der Waals surface area contributed by atoms with E-state index in [1.165, 1.54) is 6.26 Å². The van der Waals surface area contributed by atoms with E-state index in [9.17, 15) is 18.3 Å². The van der Waals surface area contributed by atoms with E-state index in [1.807, 2.05) is 56.3 Å². The molecule has 0 saturated carbocycles. The summed E-state index contributed by atoms with van der Waals surface area (Å²) in [5, 5.41) is 9.19. The zero-order chi connectivity index (χ0) is 27.4. The number of hydrogen-bond donors (Lipinski definition) is 1. The molecular formula is C31H34O6S. The van der Waals surface area contributed by atoms with E-state index in [4.69, 9.17) is 9.47 Å². The molecule has 4 rings (SSSR count). The van der Waals surface area contributed by atoms with Crippen LogP contribution in [0.3, 0.4) is 0 Å². The predicted octanol–water partition coefficient (Wildman–Crippen LogP) is 6.34. The summed E-state index contributed by atoms with van der Waals surface area (Å²) in [6.07, 6.45) is 2.46. The van der Waals surface area contributed by atoms with E-state index in [0.29, 0.717) is 26.1 Å². The lowest BCUT2D eigenvalue weighted by atomic mass is 9.94. The molecule has 0 heterocycles. The van der Waals surface area contributed by atoms with Crippen molar-refractivity contribution in [2.24, 2.45) is 0 Å². The van der Waals surface area contributed by atoms with Crippen molar-refractivity contribution in [3.8, 4) is 22.6 Å². The molecule has 1 N–H and O–H groups in total. The highest BCUT2D eigenvalue weighted by Crippen LogP contribution is 2.43. The van der Waals surface area contributed by atoms with E-state index in [1.54, 1.807) is 0 Å². The molecule has 3 aromatic rings. The Bertz CT molecular complexity index is 1450. The van der Waals surface area contributed by atoms with E-state index in [-0.39, 0.29) is 18.1 Å². The Labute approximate surface area is 224 Å². The quantitative estimate of drug-likeness (QED) is 0.289. The second kappa shape index (κ2) is 11.4. The van der Waals surface area contributed by atoms with Gasteiger partial charge in [-0.3, -0.25) is 4.79 Å². The number of carboxylic acids is 1. The van der Waals surface area contributed by atoms with Crippen molar-refractivity contribution in [1.29, 1.82) is 0 Å². The van der Waals surface area contributed by atoms with Crippen molar-refractivity contribution < 1.29 is 27.8 Å². The lowest BCUT2D eigenvalue weighted by Crippen LogP contribution is -2.08. The van der Waals surface area contributed by atoms with Crippen molar-refractivity contribution in [1.82, 2.24) is 0 Å². The third kappa shape index (κ3) is 6.84. The average molecular weight is 535 g/mol. The van der Waals surface area contributed by atoms with E-state index in [0.717, 1.165) is 56.0 Å². The van der Waals surface area contributed by atoms with Gasteiger partial charge in [0, 0.05) is 6.26 Å². The number of fused-ring (bicyclic) bond motifs is 1. The fraction of sp³-hybridized carbons (Fsp3) is 0.323. The standard InChI is InChI=1S/C31H34O6S/c1-20-13-25(17-30(32)33)28-10-9-26(18-29(20)28)37-19-23-7-5-8-24(16-23)31-21(2)14-27(15-22(31)3)36-11-6-12-38(4,34)35/h5,7-10,14-16,18,25H,1,6,11-13,17,19H2,2-4H3,(H,32,33)/t25-/m1/s1. The maximum absolute atomic E-state index is 11.3. The van der Waals surface area contributed by atoms with Crippen molar-refractivity contribution >= 4 is 21.4 Å². The summed E-state index contributed by atoms with van der Waals surface area (Å²) < 4.78 is 34.6. The molecule has 0 spiro atoms. The number of ether oxygens (including phenoxy) is 2. The Morgan fingerprint density at radius 1 is 1.03 bits per heavy atom. The molecule has 0 aromatic heterocycles. The topological polar surface area (TPSA) is 89.9 Å². The molecule has 1 aliphatic rings. The minimum atomic E-state index is -2.99. The van der Waals surface area contributed by atoms with Crippen LogP contribution in [0.1, 0.15) is 53.0 Å². The fourth-order valence-corrected chi connectivity index (χ4v) is 5.80. The summed E-state index contributed by atoms with van der Waals surface area (Å²) in [6, 6.07) is 18.1. The van der Waals surface area contributed by atoms with Crippen molar-refractivity contribution in [2.75, 3.05) is 18.6 Å². The second-order valence-electron chi connectivity index (χ2n) is 10.1. The summed E-state index contributed by atoms with van der Waals surface area (Å²) in [5.41, 5.74) is 8.38. The summed E-state index contributed by atoms with van der Waals surface area (Å²) in [4.78, 5) is 11.2. The Hall–Kier alpha value is -3.58. The number of aryl methyl sites for hydroxylation is 2. The summed E-state index contributed by atoms with van der Waals surface area (Å²) in [6.45, 7) is 8.98. The van der Waals surface area contributed by atoms with Gasteiger partial charge in [-0.1, -0.05) is 30.8 Å². The molecule has 38 heavy (non-hydrogen) atoms. The second-order valence-corrected chi connectivity index (χ2v) is 12.4. The highest BCUT2D eigenvalue weighted by Gasteiger charge is 2.27. The molecule has 0 aliphatic heterocycles. The van der Waals surface area contributed by atoms with Gasteiger partial charge in [0.1, 0.15) is 27.9 Å². The van der Waals surface area contributed by atoms with E-state index < -0.39 is 15.8 Å².